The predicted octanol–water partition coefficient (Wildman–Crippen LogP) is 3.82. The number of nitrogens with two attached hydrogens (primary N) is 1. The Hall–Kier alpha value is -0.900. The summed E-state index contributed by atoms with van der Waals surface area (Å²) in [4.78, 5) is 0. The van der Waals surface area contributed by atoms with E-state index in [1.807, 2.05) is 0 Å². The second-order valence-corrected chi connectivity index (χ2v) is 7.27. The van der Waals surface area contributed by atoms with Gasteiger partial charge < -0.3 is 15.2 Å². The first-order valence-electron chi connectivity index (χ1n) is 7.64. The molecule has 3 nitrogen and oxygen atoms in total. The zero-order valence-corrected chi connectivity index (χ0v) is 14.4. The topological polar surface area (TPSA) is 44.5 Å². The first-order valence-corrected chi connectivity index (χ1v) is 7.64. The van der Waals surface area contributed by atoms with Gasteiger partial charge in [0, 0.05) is 13.7 Å². The second kappa shape index (κ2) is 7.39. The Morgan fingerprint density at radius 1 is 1.05 bits per heavy atom. The number of benzene rings is 1. The third kappa shape index (κ3) is 6.16. The summed E-state index contributed by atoms with van der Waals surface area (Å²) in [5, 5.41) is 0. The first-order chi connectivity index (χ1) is 9.65. The molecule has 1 rings (SSSR count). The van der Waals surface area contributed by atoms with E-state index < -0.39 is 0 Å². The fourth-order valence-electron chi connectivity index (χ4n) is 1.96. The van der Waals surface area contributed by atoms with Crippen molar-refractivity contribution in [2.75, 3.05) is 20.3 Å². The highest BCUT2D eigenvalue weighted by atomic mass is 16.5. The average Bonchev–Trinajstić information content (AvgIpc) is 2.42. The van der Waals surface area contributed by atoms with Crippen molar-refractivity contribution < 1.29 is 9.47 Å². The van der Waals surface area contributed by atoms with E-state index in [0.29, 0.717) is 13.2 Å². The van der Waals surface area contributed by atoms with Crippen LogP contribution in [0.25, 0.3) is 0 Å². The standard InChI is InChI=1S/C18H31NO2/c1-17(2,3)15-9-7-14(8-10-15)16(19)13-21-12-11-18(4,5)20-6/h7-10,16H,11-13,19H2,1-6H3. The van der Waals surface area contributed by atoms with Crippen LogP contribution < -0.4 is 5.73 Å². The van der Waals surface area contributed by atoms with Gasteiger partial charge in [-0.2, -0.15) is 0 Å². The van der Waals surface area contributed by atoms with E-state index >= 15 is 0 Å². The zero-order chi connectivity index (χ0) is 16.1. The maximum absolute atomic E-state index is 6.18. The van der Waals surface area contributed by atoms with Crippen LogP contribution in [0, 0.1) is 0 Å². The number of methoxy groups -OCH3 is 1. The summed E-state index contributed by atoms with van der Waals surface area (Å²) in [5.74, 6) is 0. The first kappa shape index (κ1) is 18.1. The van der Waals surface area contributed by atoms with Crippen molar-refractivity contribution in [3.05, 3.63) is 35.4 Å². The lowest BCUT2D eigenvalue weighted by atomic mass is 9.86. The largest absolute Gasteiger partial charge is 0.379 e. The van der Waals surface area contributed by atoms with Crippen LogP contribution in [0.3, 0.4) is 0 Å². The summed E-state index contributed by atoms with van der Waals surface area (Å²) in [6.45, 7) is 11.9. The fraction of sp³-hybridized carbons (Fsp3) is 0.667. The van der Waals surface area contributed by atoms with E-state index in [-0.39, 0.29) is 17.1 Å². The van der Waals surface area contributed by atoms with E-state index in [1.165, 1.54) is 5.56 Å². The highest BCUT2D eigenvalue weighted by Gasteiger charge is 2.17. The van der Waals surface area contributed by atoms with Crippen molar-refractivity contribution in [1.29, 1.82) is 0 Å². The fourth-order valence-corrected chi connectivity index (χ4v) is 1.96. The summed E-state index contributed by atoms with van der Waals surface area (Å²) in [5.41, 5.74) is 8.65. The molecule has 0 aliphatic rings. The van der Waals surface area contributed by atoms with Crippen molar-refractivity contribution in [3.8, 4) is 0 Å². The molecule has 0 aliphatic heterocycles. The Kier molecular flexibility index (Phi) is 6.39. The quantitative estimate of drug-likeness (QED) is 0.777. The van der Waals surface area contributed by atoms with Crippen LogP contribution in [0.15, 0.2) is 24.3 Å². The molecule has 0 bridgehead atoms. The lowest BCUT2D eigenvalue weighted by molar-refractivity contribution is -0.0113. The Balaban J connectivity index is 2.44. The van der Waals surface area contributed by atoms with Crippen molar-refractivity contribution in [3.63, 3.8) is 0 Å². The lowest BCUT2D eigenvalue weighted by Gasteiger charge is -2.23. The SMILES string of the molecule is COC(C)(C)CCOCC(N)c1ccc(C(C)(C)C)cc1. The van der Waals surface area contributed by atoms with Crippen LogP contribution in [0.2, 0.25) is 0 Å². The minimum atomic E-state index is -0.140. The molecule has 0 spiro atoms. The molecule has 1 aromatic rings. The number of rotatable bonds is 7. The predicted molar refractivity (Wildman–Crippen MR) is 88.6 cm³/mol. The van der Waals surface area contributed by atoms with Crippen LogP contribution in [-0.2, 0) is 14.9 Å². The lowest BCUT2D eigenvalue weighted by Crippen LogP contribution is -2.25. The Morgan fingerprint density at radius 3 is 2.10 bits per heavy atom. The molecule has 0 heterocycles. The molecule has 0 amide bonds. The summed E-state index contributed by atoms with van der Waals surface area (Å²) in [7, 11) is 1.72. The van der Waals surface area contributed by atoms with E-state index in [1.54, 1.807) is 7.11 Å². The summed E-state index contributed by atoms with van der Waals surface area (Å²) in [6.07, 6.45) is 0.860. The Bertz CT molecular complexity index is 418. The van der Waals surface area contributed by atoms with Crippen LogP contribution in [0.4, 0.5) is 0 Å². The molecule has 0 fully saturated rings. The third-order valence-electron chi connectivity index (χ3n) is 3.90. The van der Waals surface area contributed by atoms with Crippen LogP contribution in [0.1, 0.15) is 58.2 Å². The maximum Gasteiger partial charge on any atom is 0.0659 e. The summed E-state index contributed by atoms with van der Waals surface area (Å²) >= 11 is 0. The summed E-state index contributed by atoms with van der Waals surface area (Å²) < 4.78 is 11.0. The molecular weight excluding hydrogens is 262 g/mol. The van der Waals surface area contributed by atoms with Gasteiger partial charge in [0.2, 0.25) is 0 Å². The van der Waals surface area contributed by atoms with Crippen molar-refractivity contribution in [2.45, 2.75) is 58.1 Å². The normalized spacial score (nSPS) is 14.2. The van der Waals surface area contributed by atoms with Gasteiger partial charge in [0.25, 0.3) is 0 Å². The van der Waals surface area contributed by atoms with Gasteiger partial charge in [-0.05, 0) is 36.8 Å². The molecule has 1 unspecified atom stereocenters. The van der Waals surface area contributed by atoms with Gasteiger partial charge in [0.1, 0.15) is 0 Å². The zero-order valence-electron chi connectivity index (χ0n) is 14.4. The molecule has 0 aliphatic carbocycles. The molecule has 1 atom stereocenters. The van der Waals surface area contributed by atoms with Gasteiger partial charge >= 0.3 is 0 Å². The molecule has 0 aromatic heterocycles. The van der Waals surface area contributed by atoms with Crippen LogP contribution >= 0.6 is 0 Å². The molecule has 3 heteroatoms. The van der Waals surface area contributed by atoms with Crippen molar-refractivity contribution in [2.24, 2.45) is 5.73 Å². The molecule has 0 radical (unpaired) electrons. The van der Waals surface area contributed by atoms with Gasteiger partial charge in [0.15, 0.2) is 0 Å². The molecule has 0 saturated carbocycles. The van der Waals surface area contributed by atoms with Crippen LogP contribution in [0.5, 0.6) is 0 Å². The Labute approximate surface area is 129 Å². The van der Waals surface area contributed by atoms with E-state index in [4.69, 9.17) is 15.2 Å². The monoisotopic (exact) mass is 293 g/mol. The number of ether oxygens (including phenoxy) is 2. The van der Waals surface area contributed by atoms with Gasteiger partial charge in [-0.3, -0.25) is 0 Å². The smallest absolute Gasteiger partial charge is 0.0659 e. The summed E-state index contributed by atoms with van der Waals surface area (Å²) in [6, 6.07) is 8.44. The van der Waals surface area contributed by atoms with Gasteiger partial charge in [-0.15, -0.1) is 0 Å². The number of hydrogen-bond acceptors (Lipinski definition) is 3. The van der Waals surface area contributed by atoms with E-state index in [0.717, 1.165) is 12.0 Å². The highest BCUT2D eigenvalue weighted by Crippen LogP contribution is 2.23. The van der Waals surface area contributed by atoms with Gasteiger partial charge in [-0.25, -0.2) is 0 Å². The minimum absolute atomic E-state index is 0.0790. The highest BCUT2D eigenvalue weighted by molar-refractivity contribution is 5.29. The van der Waals surface area contributed by atoms with Crippen molar-refractivity contribution in [1.82, 2.24) is 0 Å². The van der Waals surface area contributed by atoms with Crippen LogP contribution in [-0.4, -0.2) is 25.9 Å². The van der Waals surface area contributed by atoms with E-state index in [9.17, 15) is 0 Å². The van der Waals surface area contributed by atoms with Gasteiger partial charge in [0.05, 0.1) is 18.2 Å². The third-order valence-corrected chi connectivity index (χ3v) is 3.90. The molecule has 1 aromatic carbocycles. The van der Waals surface area contributed by atoms with Gasteiger partial charge in [-0.1, -0.05) is 45.0 Å². The molecule has 2 N–H and O–H groups in total. The minimum Gasteiger partial charge on any atom is -0.379 e. The van der Waals surface area contributed by atoms with E-state index in [2.05, 4.69) is 58.9 Å². The maximum atomic E-state index is 6.18. The molecule has 120 valence electrons. The second-order valence-electron chi connectivity index (χ2n) is 7.27. The molecular formula is C18H31NO2. The number of hydrogen-bond donors (Lipinski definition) is 1. The average molecular weight is 293 g/mol. The van der Waals surface area contributed by atoms with Crippen molar-refractivity contribution >= 4 is 0 Å². The Morgan fingerprint density at radius 2 is 1.62 bits per heavy atom. The molecule has 0 saturated heterocycles. The molecule has 21 heavy (non-hydrogen) atoms.